The van der Waals surface area contributed by atoms with Crippen molar-refractivity contribution in [3.05, 3.63) is 29.8 Å². The molecule has 0 fully saturated rings. The molecule has 1 N–H and O–H groups in total. The topological polar surface area (TPSA) is 55.8 Å². The number of hydrogen-bond donors (Lipinski definition) is 1. The predicted molar refractivity (Wildman–Crippen MR) is 120 cm³/mol. The molecule has 0 saturated heterocycles. The molecule has 0 atom stereocenters. The number of esters is 1. The average molecular weight is 405 g/mol. The van der Waals surface area contributed by atoms with Crippen molar-refractivity contribution < 1.29 is 19.4 Å². The Kier molecular flexibility index (Phi) is 14.6. The third-order valence-electron chi connectivity index (χ3n) is 5.11. The monoisotopic (exact) mass is 404 g/mol. The summed E-state index contributed by atoms with van der Waals surface area (Å²) in [6.45, 7) is 2.73. The Morgan fingerprint density at radius 3 is 2.00 bits per heavy atom. The lowest BCUT2D eigenvalue weighted by Crippen LogP contribution is -2.02. The molecule has 0 aliphatic carbocycles. The van der Waals surface area contributed by atoms with Gasteiger partial charge in [-0.3, -0.25) is 0 Å². The molecule has 0 radical (unpaired) electrons. The summed E-state index contributed by atoms with van der Waals surface area (Å²) in [4.78, 5) is 11.8. The number of carbonyl (C=O) groups excluding carboxylic acids is 1. The Hall–Kier alpha value is -1.97. The van der Waals surface area contributed by atoms with Gasteiger partial charge in [0.25, 0.3) is 0 Å². The first-order valence-corrected chi connectivity index (χ1v) is 11.4. The molecule has 1 aromatic carbocycles. The molecular weight excluding hydrogens is 364 g/mol. The van der Waals surface area contributed by atoms with Gasteiger partial charge in [0.2, 0.25) is 0 Å². The highest BCUT2D eigenvalue weighted by Crippen LogP contribution is 2.26. The number of unbranched alkanes of at least 4 members (excludes halogenated alkanes) is 12. The Labute approximate surface area is 177 Å². The van der Waals surface area contributed by atoms with Crippen LogP contribution in [0.4, 0.5) is 0 Å². The molecule has 1 aromatic rings. The Morgan fingerprint density at radius 2 is 1.45 bits per heavy atom. The molecule has 0 aromatic heterocycles. The van der Waals surface area contributed by atoms with Gasteiger partial charge in [-0.15, -0.1) is 0 Å². The van der Waals surface area contributed by atoms with E-state index in [2.05, 4.69) is 6.92 Å². The van der Waals surface area contributed by atoms with Crippen LogP contribution in [0.15, 0.2) is 24.3 Å². The number of rotatable bonds is 17. The van der Waals surface area contributed by atoms with Crippen molar-refractivity contribution in [2.24, 2.45) is 0 Å². The van der Waals surface area contributed by atoms with Crippen molar-refractivity contribution in [2.45, 2.75) is 90.4 Å². The smallest absolute Gasteiger partial charge is 0.330 e. The largest absolute Gasteiger partial charge is 0.504 e. The van der Waals surface area contributed by atoms with Crippen molar-refractivity contribution >= 4 is 12.0 Å². The van der Waals surface area contributed by atoms with Crippen LogP contribution in [-0.4, -0.2) is 24.8 Å². The number of benzene rings is 1. The minimum absolute atomic E-state index is 0.0784. The maximum absolute atomic E-state index is 11.8. The first-order valence-electron chi connectivity index (χ1n) is 11.4. The molecule has 0 aliphatic rings. The van der Waals surface area contributed by atoms with Gasteiger partial charge in [0, 0.05) is 6.08 Å². The summed E-state index contributed by atoms with van der Waals surface area (Å²) in [6, 6.07) is 4.93. The van der Waals surface area contributed by atoms with Crippen LogP contribution >= 0.6 is 0 Å². The second-order valence-electron chi connectivity index (χ2n) is 7.67. The zero-order chi connectivity index (χ0) is 21.2. The van der Waals surface area contributed by atoms with E-state index in [1.165, 1.54) is 89.9 Å². The summed E-state index contributed by atoms with van der Waals surface area (Å²) in [7, 11) is 1.49. The van der Waals surface area contributed by atoms with E-state index in [-0.39, 0.29) is 11.7 Å². The minimum atomic E-state index is -0.337. The highest BCUT2D eigenvalue weighted by atomic mass is 16.5. The normalized spacial score (nSPS) is 11.1. The highest BCUT2D eigenvalue weighted by Gasteiger charge is 2.02. The summed E-state index contributed by atoms with van der Waals surface area (Å²) in [5.41, 5.74) is 0.776. The van der Waals surface area contributed by atoms with E-state index in [0.29, 0.717) is 12.4 Å². The molecule has 4 nitrogen and oxygen atoms in total. The van der Waals surface area contributed by atoms with E-state index in [9.17, 15) is 9.90 Å². The lowest BCUT2D eigenvalue weighted by Gasteiger charge is -2.04. The summed E-state index contributed by atoms with van der Waals surface area (Å²) >= 11 is 0. The van der Waals surface area contributed by atoms with Gasteiger partial charge in [-0.1, -0.05) is 90.0 Å². The summed E-state index contributed by atoms with van der Waals surface area (Å²) < 4.78 is 10.3. The SMILES string of the molecule is CCCCCCCCCCCCCCCOC(=O)/C=C/c1ccc(O)c(OC)c1. The van der Waals surface area contributed by atoms with E-state index in [4.69, 9.17) is 9.47 Å². The number of ether oxygens (including phenoxy) is 2. The van der Waals surface area contributed by atoms with Gasteiger partial charge in [0.05, 0.1) is 13.7 Å². The molecule has 0 amide bonds. The van der Waals surface area contributed by atoms with Gasteiger partial charge in [-0.05, 0) is 30.2 Å². The Bertz CT molecular complexity index is 580. The molecule has 29 heavy (non-hydrogen) atoms. The lowest BCUT2D eigenvalue weighted by molar-refractivity contribution is -0.137. The van der Waals surface area contributed by atoms with Crippen LogP contribution in [0.1, 0.15) is 96.0 Å². The number of hydrogen-bond acceptors (Lipinski definition) is 4. The van der Waals surface area contributed by atoms with E-state index in [0.717, 1.165) is 18.4 Å². The first-order chi connectivity index (χ1) is 14.2. The van der Waals surface area contributed by atoms with E-state index >= 15 is 0 Å². The van der Waals surface area contributed by atoms with Crippen LogP contribution in [0.25, 0.3) is 6.08 Å². The molecule has 0 aliphatic heterocycles. The van der Waals surface area contributed by atoms with E-state index < -0.39 is 0 Å². The van der Waals surface area contributed by atoms with Crippen LogP contribution in [0.2, 0.25) is 0 Å². The van der Waals surface area contributed by atoms with Gasteiger partial charge in [-0.2, -0.15) is 0 Å². The second-order valence-corrected chi connectivity index (χ2v) is 7.67. The number of aromatic hydroxyl groups is 1. The van der Waals surface area contributed by atoms with Crippen LogP contribution in [0.5, 0.6) is 11.5 Å². The van der Waals surface area contributed by atoms with Crippen molar-refractivity contribution in [2.75, 3.05) is 13.7 Å². The van der Waals surface area contributed by atoms with E-state index in [1.807, 2.05) is 0 Å². The fraction of sp³-hybridized carbons (Fsp3) is 0.640. The van der Waals surface area contributed by atoms with Gasteiger partial charge < -0.3 is 14.6 Å². The molecule has 0 heterocycles. The van der Waals surface area contributed by atoms with Crippen LogP contribution in [0, 0.1) is 0 Å². The molecule has 0 saturated carbocycles. The molecule has 164 valence electrons. The zero-order valence-electron chi connectivity index (χ0n) is 18.5. The van der Waals surface area contributed by atoms with Gasteiger partial charge >= 0.3 is 5.97 Å². The van der Waals surface area contributed by atoms with Crippen LogP contribution in [0.3, 0.4) is 0 Å². The third kappa shape index (κ3) is 13.0. The standard InChI is InChI=1S/C25H40O4/c1-3-4-5-6-7-8-9-10-11-12-13-14-15-20-29-25(27)19-17-22-16-18-23(26)24(21-22)28-2/h16-19,21,26H,3-15,20H2,1-2H3/b19-17+. The molecule has 0 unspecified atom stereocenters. The van der Waals surface area contributed by atoms with Gasteiger partial charge in [-0.25, -0.2) is 4.79 Å². The van der Waals surface area contributed by atoms with E-state index in [1.54, 1.807) is 18.2 Å². The minimum Gasteiger partial charge on any atom is -0.504 e. The fourth-order valence-corrected chi connectivity index (χ4v) is 3.30. The van der Waals surface area contributed by atoms with Crippen LogP contribution < -0.4 is 4.74 Å². The van der Waals surface area contributed by atoms with Gasteiger partial charge in [0.15, 0.2) is 11.5 Å². The molecule has 1 rings (SSSR count). The summed E-state index contributed by atoms with van der Waals surface area (Å²) in [6.07, 6.45) is 20.0. The lowest BCUT2D eigenvalue weighted by atomic mass is 10.0. The average Bonchev–Trinajstić information content (AvgIpc) is 2.73. The van der Waals surface area contributed by atoms with Crippen molar-refractivity contribution in [1.82, 2.24) is 0 Å². The molecule has 0 spiro atoms. The van der Waals surface area contributed by atoms with Crippen molar-refractivity contribution in [3.8, 4) is 11.5 Å². The number of methoxy groups -OCH3 is 1. The highest BCUT2D eigenvalue weighted by molar-refractivity contribution is 5.87. The zero-order valence-corrected chi connectivity index (χ0v) is 18.5. The third-order valence-corrected chi connectivity index (χ3v) is 5.11. The number of carbonyl (C=O) groups is 1. The molecule has 0 bridgehead atoms. The molecule has 4 heteroatoms. The summed E-state index contributed by atoms with van der Waals surface area (Å²) in [5.74, 6) is 0.123. The molecular formula is C25H40O4. The summed E-state index contributed by atoms with van der Waals surface area (Å²) in [5, 5.41) is 9.57. The number of phenols is 1. The quantitative estimate of drug-likeness (QED) is 0.172. The fourth-order valence-electron chi connectivity index (χ4n) is 3.30. The van der Waals surface area contributed by atoms with Crippen molar-refractivity contribution in [1.29, 1.82) is 0 Å². The predicted octanol–water partition coefficient (Wildman–Crippen LogP) is 7.05. The number of phenolic OH excluding ortho intramolecular Hbond substituents is 1. The maximum atomic E-state index is 11.8. The maximum Gasteiger partial charge on any atom is 0.330 e. The van der Waals surface area contributed by atoms with Gasteiger partial charge in [0.1, 0.15) is 0 Å². The first kappa shape index (κ1) is 25.1. The Balaban J connectivity index is 1.96. The van der Waals surface area contributed by atoms with Crippen LogP contribution in [-0.2, 0) is 9.53 Å². The van der Waals surface area contributed by atoms with Crippen molar-refractivity contribution in [3.63, 3.8) is 0 Å². The second kappa shape index (κ2) is 16.9. The Morgan fingerprint density at radius 1 is 0.897 bits per heavy atom.